The van der Waals surface area contributed by atoms with Crippen LogP contribution in [-0.2, 0) is 6.54 Å². The predicted octanol–water partition coefficient (Wildman–Crippen LogP) is 3.44. The highest BCUT2D eigenvalue weighted by Gasteiger charge is 2.13. The average Bonchev–Trinajstić information content (AvgIpc) is 2.78. The summed E-state index contributed by atoms with van der Waals surface area (Å²) in [6.45, 7) is 5.31. The molecule has 0 spiro atoms. The van der Waals surface area contributed by atoms with Crippen molar-refractivity contribution in [1.82, 2.24) is 19.7 Å². The first-order valence-electron chi connectivity index (χ1n) is 6.32. The van der Waals surface area contributed by atoms with Crippen LogP contribution in [0.25, 0.3) is 11.5 Å². The molecule has 0 aromatic carbocycles. The maximum atomic E-state index is 5.30. The molecule has 0 radical (unpaired) electrons. The molecular weight excluding hydrogens is 244 g/mol. The highest BCUT2D eigenvalue weighted by Crippen LogP contribution is 2.18. The molecule has 2 aromatic rings. The van der Waals surface area contributed by atoms with Gasteiger partial charge >= 0.3 is 0 Å². The summed E-state index contributed by atoms with van der Waals surface area (Å²) >= 11 is 5.30. The van der Waals surface area contributed by atoms with E-state index in [4.69, 9.17) is 12.2 Å². The van der Waals surface area contributed by atoms with E-state index in [0.717, 1.165) is 30.9 Å². The summed E-state index contributed by atoms with van der Waals surface area (Å²) in [5.41, 5.74) is 0.857. The quantitative estimate of drug-likeness (QED) is 0.840. The number of hydrogen-bond acceptors (Lipinski definition) is 3. The maximum Gasteiger partial charge on any atom is 0.195 e. The number of rotatable bonds is 5. The summed E-state index contributed by atoms with van der Waals surface area (Å²) in [6.07, 6.45) is 4.06. The molecule has 5 heteroatoms. The molecule has 0 saturated heterocycles. The Labute approximate surface area is 112 Å². The van der Waals surface area contributed by atoms with Gasteiger partial charge < -0.3 is 0 Å². The van der Waals surface area contributed by atoms with Crippen LogP contribution in [0.15, 0.2) is 24.4 Å². The van der Waals surface area contributed by atoms with E-state index in [-0.39, 0.29) is 0 Å². The Morgan fingerprint density at radius 1 is 1.33 bits per heavy atom. The fraction of sp³-hybridized carbons (Fsp3) is 0.462. The third-order valence-corrected chi connectivity index (χ3v) is 3.56. The molecule has 0 amide bonds. The Morgan fingerprint density at radius 3 is 2.72 bits per heavy atom. The second-order valence-corrected chi connectivity index (χ2v) is 4.75. The van der Waals surface area contributed by atoms with Crippen LogP contribution in [-0.4, -0.2) is 19.7 Å². The lowest BCUT2D eigenvalue weighted by molar-refractivity contribution is 0.417. The lowest BCUT2D eigenvalue weighted by atomic mass is 10.0. The van der Waals surface area contributed by atoms with E-state index in [2.05, 4.69) is 33.6 Å². The second kappa shape index (κ2) is 5.91. The van der Waals surface area contributed by atoms with Crippen molar-refractivity contribution >= 4 is 12.2 Å². The van der Waals surface area contributed by atoms with Gasteiger partial charge in [0.25, 0.3) is 0 Å². The lowest BCUT2D eigenvalue weighted by Gasteiger charge is -2.14. The minimum absolute atomic E-state index is 0.622. The van der Waals surface area contributed by atoms with Crippen molar-refractivity contribution in [1.29, 1.82) is 0 Å². The highest BCUT2D eigenvalue weighted by atomic mass is 32.1. The van der Waals surface area contributed by atoms with Gasteiger partial charge in [-0.1, -0.05) is 32.8 Å². The van der Waals surface area contributed by atoms with E-state index in [0.29, 0.717) is 10.7 Å². The predicted molar refractivity (Wildman–Crippen MR) is 74.7 cm³/mol. The Bertz CT molecular complexity index is 540. The first-order chi connectivity index (χ1) is 8.76. The summed E-state index contributed by atoms with van der Waals surface area (Å²) in [6, 6.07) is 5.81. The van der Waals surface area contributed by atoms with Gasteiger partial charge in [-0.15, -0.1) is 0 Å². The van der Waals surface area contributed by atoms with Crippen molar-refractivity contribution in [2.45, 2.75) is 33.2 Å². The zero-order chi connectivity index (χ0) is 13.0. The highest BCUT2D eigenvalue weighted by molar-refractivity contribution is 7.71. The van der Waals surface area contributed by atoms with E-state index < -0.39 is 0 Å². The molecule has 4 nitrogen and oxygen atoms in total. The number of nitrogens with one attached hydrogen (secondary N) is 1. The van der Waals surface area contributed by atoms with Crippen LogP contribution in [0.4, 0.5) is 0 Å². The number of aromatic amines is 1. The van der Waals surface area contributed by atoms with E-state index in [9.17, 15) is 0 Å². The zero-order valence-electron chi connectivity index (χ0n) is 10.8. The molecule has 2 aromatic heterocycles. The van der Waals surface area contributed by atoms with Gasteiger partial charge in [0.15, 0.2) is 10.6 Å². The number of pyridine rings is 1. The Kier molecular flexibility index (Phi) is 4.25. The summed E-state index contributed by atoms with van der Waals surface area (Å²) in [4.78, 5) is 4.33. The van der Waals surface area contributed by atoms with Crippen molar-refractivity contribution in [3.05, 3.63) is 29.2 Å². The van der Waals surface area contributed by atoms with E-state index in [1.807, 2.05) is 18.2 Å². The molecule has 96 valence electrons. The summed E-state index contributed by atoms with van der Waals surface area (Å²) < 4.78 is 2.72. The minimum atomic E-state index is 0.622. The van der Waals surface area contributed by atoms with E-state index in [1.54, 1.807) is 6.20 Å². The van der Waals surface area contributed by atoms with Gasteiger partial charge in [-0.05, 0) is 30.3 Å². The van der Waals surface area contributed by atoms with Crippen molar-refractivity contribution in [2.75, 3.05) is 0 Å². The molecule has 0 saturated carbocycles. The van der Waals surface area contributed by atoms with Crippen LogP contribution in [0.1, 0.15) is 26.7 Å². The van der Waals surface area contributed by atoms with Gasteiger partial charge in [0.1, 0.15) is 5.69 Å². The van der Waals surface area contributed by atoms with Gasteiger partial charge in [0, 0.05) is 12.7 Å². The summed E-state index contributed by atoms with van der Waals surface area (Å²) in [5.74, 6) is 1.45. The molecule has 0 aliphatic carbocycles. The van der Waals surface area contributed by atoms with E-state index >= 15 is 0 Å². The van der Waals surface area contributed by atoms with Gasteiger partial charge in [0.05, 0.1) is 0 Å². The Morgan fingerprint density at radius 2 is 2.11 bits per heavy atom. The number of hydrogen-bond donors (Lipinski definition) is 1. The summed E-state index contributed by atoms with van der Waals surface area (Å²) in [5, 5.41) is 7.16. The van der Waals surface area contributed by atoms with Crippen molar-refractivity contribution in [2.24, 2.45) is 5.92 Å². The monoisotopic (exact) mass is 262 g/mol. The standard InChI is InChI=1S/C13H18N4S/c1-3-10(4-2)9-17-12(15-16-13(17)18)11-7-5-6-8-14-11/h5-8,10H,3-4,9H2,1-2H3,(H,16,18). The lowest BCUT2D eigenvalue weighted by Crippen LogP contribution is -2.11. The van der Waals surface area contributed by atoms with Crippen molar-refractivity contribution in [3.8, 4) is 11.5 Å². The van der Waals surface area contributed by atoms with Crippen LogP contribution >= 0.6 is 12.2 Å². The molecule has 0 aliphatic heterocycles. The van der Waals surface area contributed by atoms with Crippen LogP contribution in [0.2, 0.25) is 0 Å². The van der Waals surface area contributed by atoms with E-state index in [1.165, 1.54) is 0 Å². The molecule has 0 atom stereocenters. The third kappa shape index (κ3) is 2.67. The number of aromatic nitrogens is 4. The molecule has 0 unspecified atom stereocenters. The van der Waals surface area contributed by atoms with Crippen LogP contribution in [0.3, 0.4) is 0 Å². The molecule has 0 fully saturated rings. The largest absolute Gasteiger partial charge is 0.299 e. The van der Waals surface area contributed by atoms with Gasteiger partial charge in [-0.25, -0.2) is 0 Å². The first kappa shape index (κ1) is 13.0. The Balaban J connectivity index is 2.36. The minimum Gasteiger partial charge on any atom is -0.299 e. The maximum absolute atomic E-state index is 5.30. The molecule has 0 bridgehead atoms. The van der Waals surface area contributed by atoms with Crippen molar-refractivity contribution in [3.63, 3.8) is 0 Å². The van der Waals surface area contributed by atoms with Gasteiger partial charge in [-0.2, -0.15) is 5.10 Å². The SMILES string of the molecule is CCC(CC)Cn1c(-c2ccccn2)n[nH]c1=S. The van der Waals surface area contributed by atoms with Gasteiger partial charge in [0.2, 0.25) is 0 Å². The van der Waals surface area contributed by atoms with Crippen molar-refractivity contribution < 1.29 is 0 Å². The normalized spacial score (nSPS) is 11.1. The molecule has 0 aliphatic rings. The average molecular weight is 262 g/mol. The van der Waals surface area contributed by atoms with Gasteiger partial charge in [-0.3, -0.25) is 14.6 Å². The molecule has 2 heterocycles. The Hall–Kier alpha value is -1.49. The number of nitrogens with zero attached hydrogens (tertiary/aromatic N) is 3. The summed E-state index contributed by atoms with van der Waals surface area (Å²) in [7, 11) is 0. The zero-order valence-corrected chi connectivity index (χ0v) is 11.6. The smallest absolute Gasteiger partial charge is 0.195 e. The van der Waals surface area contributed by atoms with Crippen LogP contribution in [0.5, 0.6) is 0 Å². The third-order valence-electron chi connectivity index (χ3n) is 3.25. The first-order valence-corrected chi connectivity index (χ1v) is 6.73. The number of H-pyrrole nitrogens is 1. The second-order valence-electron chi connectivity index (χ2n) is 4.36. The molecular formula is C13H18N4S. The molecule has 18 heavy (non-hydrogen) atoms. The van der Waals surface area contributed by atoms with Crippen LogP contribution in [0, 0.1) is 10.7 Å². The molecule has 1 N–H and O–H groups in total. The van der Waals surface area contributed by atoms with Crippen LogP contribution < -0.4 is 0 Å². The molecule has 2 rings (SSSR count). The fourth-order valence-electron chi connectivity index (χ4n) is 1.98. The topological polar surface area (TPSA) is 46.5 Å². The fourth-order valence-corrected chi connectivity index (χ4v) is 2.19.